The van der Waals surface area contributed by atoms with Gasteiger partial charge in [-0.05, 0) is 24.1 Å². The van der Waals surface area contributed by atoms with E-state index in [1.54, 1.807) is 17.9 Å². The van der Waals surface area contributed by atoms with Gasteiger partial charge in [0.1, 0.15) is 6.04 Å². The standard InChI is InChI=1S/C23H23NO6/c1-3-28-23-19(15-14-18(29-23)21(25)27-2)24(22(26)30-23)20(16-10-6-4-7-11-16)17-12-8-5-9-13-17/h4-14,19-20H,3,15H2,1-2H3. The predicted molar refractivity (Wildman–Crippen MR) is 107 cm³/mol. The van der Waals surface area contributed by atoms with Gasteiger partial charge in [0.2, 0.25) is 5.76 Å². The van der Waals surface area contributed by atoms with E-state index in [0.717, 1.165) is 11.1 Å². The second-order valence-corrected chi connectivity index (χ2v) is 6.95. The van der Waals surface area contributed by atoms with Crippen molar-refractivity contribution < 1.29 is 28.5 Å². The van der Waals surface area contributed by atoms with Gasteiger partial charge in [-0.1, -0.05) is 60.7 Å². The molecule has 1 fully saturated rings. The van der Waals surface area contributed by atoms with Crippen molar-refractivity contribution in [2.24, 2.45) is 0 Å². The van der Waals surface area contributed by atoms with Crippen LogP contribution in [0.5, 0.6) is 0 Å². The first-order valence-electron chi connectivity index (χ1n) is 9.82. The molecule has 0 spiro atoms. The molecule has 2 aromatic rings. The van der Waals surface area contributed by atoms with Gasteiger partial charge < -0.3 is 18.9 Å². The van der Waals surface area contributed by atoms with Crippen LogP contribution in [-0.2, 0) is 23.7 Å². The number of rotatable bonds is 6. The van der Waals surface area contributed by atoms with Crippen molar-refractivity contribution >= 4 is 12.1 Å². The van der Waals surface area contributed by atoms with Crippen LogP contribution in [0.25, 0.3) is 0 Å². The van der Waals surface area contributed by atoms with Crippen molar-refractivity contribution in [1.29, 1.82) is 0 Å². The van der Waals surface area contributed by atoms with E-state index in [2.05, 4.69) is 0 Å². The van der Waals surface area contributed by atoms with Gasteiger partial charge in [0.15, 0.2) is 0 Å². The molecular weight excluding hydrogens is 386 g/mol. The Morgan fingerprint density at radius 2 is 1.70 bits per heavy atom. The van der Waals surface area contributed by atoms with E-state index < -0.39 is 30.1 Å². The lowest BCUT2D eigenvalue weighted by molar-refractivity contribution is -0.341. The maximum Gasteiger partial charge on any atom is 0.416 e. The van der Waals surface area contributed by atoms with E-state index in [0.29, 0.717) is 6.42 Å². The number of ether oxygens (including phenoxy) is 4. The second kappa shape index (κ2) is 8.20. The summed E-state index contributed by atoms with van der Waals surface area (Å²) in [6.07, 6.45) is 1.34. The van der Waals surface area contributed by atoms with Gasteiger partial charge in [0.25, 0.3) is 0 Å². The molecule has 0 saturated carbocycles. The molecule has 2 atom stereocenters. The number of amides is 1. The van der Waals surface area contributed by atoms with Crippen LogP contribution in [0, 0.1) is 0 Å². The zero-order valence-corrected chi connectivity index (χ0v) is 16.8. The second-order valence-electron chi connectivity index (χ2n) is 6.95. The minimum absolute atomic E-state index is 0.0344. The third-order valence-electron chi connectivity index (χ3n) is 5.20. The molecule has 2 unspecified atom stereocenters. The maximum absolute atomic E-state index is 13.2. The lowest BCUT2D eigenvalue weighted by Crippen LogP contribution is -2.52. The minimum Gasteiger partial charge on any atom is -0.463 e. The van der Waals surface area contributed by atoms with Crippen LogP contribution in [-0.4, -0.2) is 42.7 Å². The molecule has 2 aliphatic rings. The zero-order chi connectivity index (χ0) is 21.1. The summed E-state index contributed by atoms with van der Waals surface area (Å²) in [4.78, 5) is 26.8. The molecule has 2 aromatic carbocycles. The highest BCUT2D eigenvalue weighted by Gasteiger charge is 2.62. The van der Waals surface area contributed by atoms with Crippen LogP contribution in [0.2, 0.25) is 0 Å². The molecule has 0 aromatic heterocycles. The minimum atomic E-state index is -1.72. The first-order chi connectivity index (χ1) is 14.6. The van der Waals surface area contributed by atoms with Crippen molar-refractivity contribution in [3.8, 4) is 0 Å². The summed E-state index contributed by atoms with van der Waals surface area (Å²) in [6.45, 7) is 2.00. The van der Waals surface area contributed by atoms with Gasteiger partial charge in [-0.15, -0.1) is 0 Å². The summed E-state index contributed by atoms with van der Waals surface area (Å²) in [5.41, 5.74) is 1.85. The highest BCUT2D eigenvalue weighted by molar-refractivity contribution is 5.86. The molecule has 7 heteroatoms. The molecule has 30 heavy (non-hydrogen) atoms. The van der Waals surface area contributed by atoms with Crippen molar-refractivity contribution in [2.75, 3.05) is 13.7 Å². The van der Waals surface area contributed by atoms with E-state index in [4.69, 9.17) is 18.9 Å². The van der Waals surface area contributed by atoms with Crippen LogP contribution in [0.4, 0.5) is 4.79 Å². The summed E-state index contributed by atoms with van der Waals surface area (Å²) < 4.78 is 22.0. The van der Waals surface area contributed by atoms with Gasteiger partial charge in [0.05, 0.1) is 19.8 Å². The summed E-state index contributed by atoms with van der Waals surface area (Å²) in [7, 11) is 1.26. The fourth-order valence-corrected chi connectivity index (χ4v) is 3.95. The summed E-state index contributed by atoms with van der Waals surface area (Å²) in [5.74, 6) is -2.40. The van der Waals surface area contributed by atoms with Crippen LogP contribution >= 0.6 is 0 Å². The summed E-state index contributed by atoms with van der Waals surface area (Å²) in [5, 5.41) is 0. The molecule has 2 heterocycles. The summed E-state index contributed by atoms with van der Waals surface area (Å²) >= 11 is 0. The molecule has 156 valence electrons. The van der Waals surface area contributed by atoms with Crippen molar-refractivity contribution in [1.82, 2.24) is 4.90 Å². The van der Waals surface area contributed by atoms with Gasteiger partial charge in [-0.2, -0.15) is 0 Å². The Kier molecular flexibility index (Phi) is 5.46. The molecule has 1 amide bonds. The number of carbonyl (C=O) groups excluding carboxylic acids is 2. The van der Waals surface area contributed by atoms with Crippen LogP contribution < -0.4 is 0 Å². The molecule has 0 bridgehead atoms. The summed E-state index contributed by atoms with van der Waals surface area (Å²) in [6, 6.07) is 18.4. The monoisotopic (exact) mass is 409 g/mol. The molecule has 0 N–H and O–H groups in total. The number of fused-ring (bicyclic) bond motifs is 1. The molecule has 0 radical (unpaired) electrons. The van der Waals surface area contributed by atoms with Gasteiger partial charge in [0, 0.05) is 6.42 Å². The first-order valence-corrected chi connectivity index (χ1v) is 9.82. The van der Waals surface area contributed by atoms with Gasteiger partial charge in [-0.3, -0.25) is 4.90 Å². The number of benzene rings is 2. The highest BCUT2D eigenvalue weighted by Crippen LogP contribution is 2.45. The Hall–Kier alpha value is -3.32. The maximum atomic E-state index is 13.2. The lowest BCUT2D eigenvalue weighted by atomic mass is 9.94. The Morgan fingerprint density at radius 1 is 1.10 bits per heavy atom. The molecule has 1 saturated heterocycles. The number of methoxy groups -OCH3 is 1. The van der Waals surface area contributed by atoms with E-state index >= 15 is 0 Å². The SMILES string of the molecule is CCOC12OC(=O)N(C(c3ccccc3)c3ccccc3)C1CC=C(C(=O)OC)O2. The van der Waals surface area contributed by atoms with E-state index in [-0.39, 0.29) is 12.4 Å². The van der Waals surface area contributed by atoms with Crippen molar-refractivity contribution in [2.45, 2.75) is 31.4 Å². The Balaban J connectivity index is 1.79. The largest absolute Gasteiger partial charge is 0.463 e. The molecular formula is C23H23NO6. The topological polar surface area (TPSA) is 74.3 Å². The number of esters is 1. The average Bonchev–Trinajstić information content (AvgIpc) is 3.06. The van der Waals surface area contributed by atoms with Crippen LogP contribution in [0.3, 0.4) is 0 Å². The zero-order valence-electron chi connectivity index (χ0n) is 16.8. The number of carbonyl (C=O) groups is 2. The quantitative estimate of drug-likeness (QED) is 0.677. The van der Waals surface area contributed by atoms with Crippen molar-refractivity contribution in [3.63, 3.8) is 0 Å². The van der Waals surface area contributed by atoms with Crippen molar-refractivity contribution in [3.05, 3.63) is 83.6 Å². The first kappa shape index (κ1) is 20.0. The van der Waals surface area contributed by atoms with Gasteiger partial charge >= 0.3 is 18.0 Å². The highest BCUT2D eigenvalue weighted by atomic mass is 16.9. The molecule has 2 aliphatic heterocycles. The van der Waals surface area contributed by atoms with Crippen LogP contribution in [0.15, 0.2) is 72.5 Å². The fraction of sp³-hybridized carbons (Fsp3) is 0.304. The number of hydrogen-bond acceptors (Lipinski definition) is 6. The normalized spacial score (nSPS) is 22.8. The van der Waals surface area contributed by atoms with Crippen LogP contribution in [0.1, 0.15) is 30.5 Å². The van der Waals surface area contributed by atoms with E-state index in [1.807, 2.05) is 60.7 Å². The predicted octanol–water partition coefficient (Wildman–Crippen LogP) is 3.76. The molecule has 0 aliphatic carbocycles. The Morgan fingerprint density at radius 3 is 2.23 bits per heavy atom. The number of nitrogens with zero attached hydrogens (tertiary/aromatic N) is 1. The molecule has 7 nitrogen and oxygen atoms in total. The van der Waals surface area contributed by atoms with E-state index in [1.165, 1.54) is 7.11 Å². The molecule has 4 rings (SSSR count). The smallest absolute Gasteiger partial charge is 0.416 e. The third kappa shape index (κ3) is 3.41. The Bertz CT molecular complexity index is 905. The third-order valence-corrected chi connectivity index (χ3v) is 5.20. The lowest BCUT2D eigenvalue weighted by Gasteiger charge is -2.38. The number of hydrogen-bond donors (Lipinski definition) is 0. The Labute approximate surface area is 174 Å². The average molecular weight is 409 g/mol. The van der Waals surface area contributed by atoms with E-state index in [9.17, 15) is 9.59 Å². The van der Waals surface area contributed by atoms with Gasteiger partial charge in [-0.25, -0.2) is 9.59 Å². The fourth-order valence-electron chi connectivity index (χ4n) is 3.95.